The van der Waals surface area contributed by atoms with Crippen LogP contribution in [0, 0.1) is 6.92 Å². The minimum absolute atomic E-state index is 0.127. The molecule has 0 radical (unpaired) electrons. The number of anilines is 1. The lowest BCUT2D eigenvalue weighted by atomic mass is 10.2. The Kier molecular flexibility index (Phi) is 4.24. The Morgan fingerprint density at radius 2 is 2.08 bits per heavy atom. The number of imidazole rings is 1. The van der Waals surface area contributed by atoms with Crippen LogP contribution in [0.5, 0.6) is 0 Å². The minimum Gasteiger partial charge on any atom is -0.300 e. The average molecular weight is 390 g/mol. The molecule has 1 N–H and O–H groups in total. The van der Waals surface area contributed by atoms with Gasteiger partial charge in [0.2, 0.25) is 11.0 Å². The third-order valence-corrected chi connectivity index (χ3v) is 5.43. The van der Waals surface area contributed by atoms with Gasteiger partial charge in [0, 0.05) is 27.9 Å². The smallest absolute Gasteiger partial charge is 0.232 e. The Bertz CT molecular complexity index is 1050. The molecule has 0 saturated carbocycles. The Labute approximate surface area is 156 Å². The van der Waals surface area contributed by atoms with Crippen LogP contribution < -0.4 is 5.32 Å². The van der Waals surface area contributed by atoms with Gasteiger partial charge in [-0.2, -0.15) is 0 Å². The van der Waals surface area contributed by atoms with Gasteiger partial charge in [-0.05, 0) is 19.1 Å². The van der Waals surface area contributed by atoms with E-state index in [1.807, 2.05) is 47.2 Å². The second kappa shape index (κ2) is 6.55. The number of nitrogens with one attached hydrogen (secondary N) is 1. The molecule has 4 rings (SSSR count). The van der Waals surface area contributed by atoms with Crippen molar-refractivity contribution >= 4 is 50.3 Å². The van der Waals surface area contributed by atoms with Gasteiger partial charge < -0.3 is 5.32 Å². The van der Waals surface area contributed by atoms with Crippen molar-refractivity contribution in [2.45, 2.75) is 13.3 Å². The van der Waals surface area contributed by atoms with Crippen LogP contribution in [0.25, 0.3) is 16.2 Å². The molecule has 3 heterocycles. The number of fused-ring (bicyclic) bond motifs is 1. The summed E-state index contributed by atoms with van der Waals surface area (Å²) >= 11 is 8.79. The topological polar surface area (TPSA) is 72.2 Å². The monoisotopic (exact) mass is 389 g/mol. The zero-order chi connectivity index (χ0) is 17.4. The van der Waals surface area contributed by atoms with Crippen molar-refractivity contribution in [1.29, 1.82) is 0 Å². The molecule has 3 aromatic heterocycles. The summed E-state index contributed by atoms with van der Waals surface area (Å²) in [6.45, 7) is 1.85. The maximum Gasteiger partial charge on any atom is 0.232 e. The van der Waals surface area contributed by atoms with Crippen molar-refractivity contribution < 1.29 is 4.79 Å². The van der Waals surface area contributed by atoms with Gasteiger partial charge in [0.05, 0.1) is 12.1 Å². The van der Waals surface area contributed by atoms with Crippen LogP contribution in [0.2, 0.25) is 5.02 Å². The van der Waals surface area contributed by atoms with Gasteiger partial charge in [0.25, 0.3) is 0 Å². The highest BCUT2D eigenvalue weighted by atomic mass is 35.5. The fourth-order valence-electron chi connectivity index (χ4n) is 2.39. The van der Waals surface area contributed by atoms with Crippen LogP contribution in [-0.2, 0) is 11.2 Å². The quantitative estimate of drug-likeness (QED) is 0.571. The van der Waals surface area contributed by atoms with Gasteiger partial charge in [-0.15, -0.1) is 21.5 Å². The normalized spacial score (nSPS) is 11.1. The fraction of sp³-hybridized carbons (Fsp3) is 0.125. The second-order valence-corrected chi connectivity index (χ2v) is 7.82. The first-order valence-corrected chi connectivity index (χ1v) is 9.47. The predicted octanol–water partition coefficient (Wildman–Crippen LogP) is 4.06. The molecule has 1 aromatic carbocycles. The molecular weight excluding hydrogens is 378 g/mol. The van der Waals surface area contributed by atoms with E-state index in [2.05, 4.69) is 20.5 Å². The molecule has 1 amide bonds. The number of nitrogens with zero attached hydrogens (tertiary/aromatic N) is 4. The van der Waals surface area contributed by atoms with E-state index >= 15 is 0 Å². The van der Waals surface area contributed by atoms with E-state index in [0.29, 0.717) is 10.2 Å². The summed E-state index contributed by atoms with van der Waals surface area (Å²) < 4.78 is 1.94. The standard InChI is InChI=1S/C16H12ClN5OS2/c1-9-20-21-15(25-9)19-14(23)6-12-8-24-16-18-13(7-22(12)16)10-2-4-11(17)5-3-10/h2-5,7-8H,6H2,1H3,(H,19,21,23). The number of hydrogen-bond acceptors (Lipinski definition) is 6. The van der Waals surface area contributed by atoms with Crippen LogP contribution >= 0.6 is 34.3 Å². The molecule has 9 heteroatoms. The van der Waals surface area contributed by atoms with Crippen molar-refractivity contribution in [3.8, 4) is 11.3 Å². The zero-order valence-electron chi connectivity index (χ0n) is 13.1. The molecule has 0 aliphatic heterocycles. The molecule has 6 nitrogen and oxygen atoms in total. The van der Waals surface area contributed by atoms with Gasteiger partial charge in [0.1, 0.15) is 5.01 Å². The van der Waals surface area contributed by atoms with Gasteiger partial charge in [0.15, 0.2) is 4.96 Å². The number of benzene rings is 1. The molecular formula is C16H12ClN5OS2. The highest BCUT2D eigenvalue weighted by molar-refractivity contribution is 7.15. The summed E-state index contributed by atoms with van der Waals surface area (Å²) in [4.78, 5) is 17.7. The minimum atomic E-state index is -0.127. The van der Waals surface area contributed by atoms with Crippen molar-refractivity contribution in [2.75, 3.05) is 5.32 Å². The van der Waals surface area contributed by atoms with E-state index in [0.717, 1.165) is 26.9 Å². The highest BCUT2D eigenvalue weighted by Crippen LogP contribution is 2.25. The number of hydrogen-bond donors (Lipinski definition) is 1. The lowest BCUT2D eigenvalue weighted by Gasteiger charge is -2.00. The van der Waals surface area contributed by atoms with Gasteiger partial charge in [-0.25, -0.2) is 4.98 Å². The third-order valence-electron chi connectivity index (χ3n) is 3.54. The highest BCUT2D eigenvalue weighted by Gasteiger charge is 2.14. The summed E-state index contributed by atoms with van der Waals surface area (Å²) in [5.74, 6) is -0.127. The van der Waals surface area contributed by atoms with E-state index in [9.17, 15) is 4.79 Å². The Morgan fingerprint density at radius 1 is 1.28 bits per heavy atom. The SMILES string of the molecule is Cc1nnc(NC(=O)Cc2csc3nc(-c4ccc(Cl)cc4)cn23)s1. The number of halogens is 1. The summed E-state index contributed by atoms with van der Waals surface area (Å²) in [6, 6.07) is 7.53. The second-order valence-electron chi connectivity index (χ2n) is 5.36. The Morgan fingerprint density at radius 3 is 2.80 bits per heavy atom. The van der Waals surface area contributed by atoms with Crippen LogP contribution in [0.4, 0.5) is 5.13 Å². The number of carbonyl (C=O) groups is 1. The summed E-state index contributed by atoms with van der Waals surface area (Å²) in [7, 11) is 0. The van der Waals surface area contributed by atoms with Crippen LogP contribution in [-0.4, -0.2) is 25.5 Å². The number of aromatic nitrogens is 4. The van der Waals surface area contributed by atoms with Crippen molar-refractivity contribution in [1.82, 2.24) is 19.6 Å². The predicted molar refractivity (Wildman–Crippen MR) is 100 cm³/mol. The first-order chi connectivity index (χ1) is 12.1. The maximum atomic E-state index is 12.2. The van der Waals surface area contributed by atoms with Gasteiger partial charge in [-0.3, -0.25) is 9.20 Å². The molecule has 0 bridgehead atoms. The molecule has 0 unspecified atom stereocenters. The molecule has 0 aliphatic carbocycles. The first kappa shape index (κ1) is 16.2. The molecule has 0 spiro atoms. The fourth-order valence-corrected chi connectivity index (χ4v) is 4.00. The number of carbonyl (C=O) groups excluding carboxylic acids is 1. The van der Waals surface area contributed by atoms with E-state index in [1.165, 1.54) is 22.7 Å². The number of amides is 1. The van der Waals surface area contributed by atoms with E-state index < -0.39 is 0 Å². The molecule has 0 fully saturated rings. The van der Waals surface area contributed by atoms with Crippen molar-refractivity contribution in [3.05, 3.63) is 51.6 Å². The van der Waals surface area contributed by atoms with Crippen LogP contribution in [0.1, 0.15) is 10.7 Å². The molecule has 0 atom stereocenters. The molecule has 0 saturated heterocycles. The van der Waals surface area contributed by atoms with Gasteiger partial charge >= 0.3 is 0 Å². The summed E-state index contributed by atoms with van der Waals surface area (Å²) in [5.41, 5.74) is 2.72. The number of thiazole rings is 1. The van der Waals surface area contributed by atoms with Crippen LogP contribution in [0.3, 0.4) is 0 Å². The molecule has 4 aromatic rings. The van der Waals surface area contributed by atoms with Gasteiger partial charge in [-0.1, -0.05) is 35.1 Å². The number of aryl methyl sites for hydroxylation is 1. The van der Waals surface area contributed by atoms with Crippen molar-refractivity contribution in [3.63, 3.8) is 0 Å². The molecule has 126 valence electrons. The summed E-state index contributed by atoms with van der Waals surface area (Å²) in [5, 5.41) is 14.5. The van der Waals surface area contributed by atoms with Crippen LogP contribution in [0.15, 0.2) is 35.8 Å². The van der Waals surface area contributed by atoms with E-state index in [1.54, 1.807) is 0 Å². The number of rotatable bonds is 4. The zero-order valence-corrected chi connectivity index (χ0v) is 15.5. The maximum absolute atomic E-state index is 12.2. The first-order valence-electron chi connectivity index (χ1n) is 7.40. The third kappa shape index (κ3) is 3.41. The average Bonchev–Trinajstić information content (AvgIpc) is 3.26. The Hall–Kier alpha value is -2.29. The van der Waals surface area contributed by atoms with E-state index in [-0.39, 0.29) is 12.3 Å². The lowest BCUT2D eigenvalue weighted by Crippen LogP contribution is -2.15. The molecule has 25 heavy (non-hydrogen) atoms. The lowest BCUT2D eigenvalue weighted by molar-refractivity contribution is -0.115. The van der Waals surface area contributed by atoms with Crippen molar-refractivity contribution in [2.24, 2.45) is 0 Å². The summed E-state index contributed by atoms with van der Waals surface area (Å²) in [6.07, 6.45) is 2.18. The van der Waals surface area contributed by atoms with E-state index in [4.69, 9.17) is 11.6 Å². The molecule has 0 aliphatic rings. The largest absolute Gasteiger partial charge is 0.300 e. The Balaban J connectivity index is 1.56.